The molecule has 1 unspecified atom stereocenters. The van der Waals surface area contributed by atoms with Gasteiger partial charge in [-0.15, -0.1) is 0 Å². The second-order valence-electron chi connectivity index (χ2n) is 11.4. The summed E-state index contributed by atoms with van der Waals surface area (Å²) < 4.78 is 33.3. The number of ether oxygens (including phenoxy) is 1. The molecule has 2 fully saturated rings. The van der Waals surface area contributed by atoms with Crippen LogP contribution in [0.4, 0.5) is 11.6 Å². The third kappa shape index (κ3) is 4.68. The summed E-state index contributed by atoms with van der Waals surface area (Å²) in [5, 5.41) is -0.234. The molecule has 10 heteroatoms. The third-order valence-electron chi connectivity index (χ3n) is 7.65. The molecule has 2 aliphatic rings. The van der Waals surface area contributed by atoms with Gasteiger partial charge in [0.2, 0.25) is 9.84 Å². The summed E-state index contributed by atoms with van der Waals surface area (Å²) >= 11 is 0. The number of sulfone groups is 1. The number of nitrogens with zero attached hydrogens (tertiary/aromatic N) is 3. The van der Waals surface area contributed by atoms with Crippen LogP contribution < -0.4 is 16.4 Å². The highest BCUT2D eigenvalue weighted by Gasteiger charge is 2.47. The maximum absolute atomic E-state index is 13.8. The Bertz CT molecular complexity index is 1260. The first kappa shape index (κ1) is 26.3. The van der Waals surface area contributed by atoms with Crippen molar-refractivity contribution in [1.29, 1.82) is 0 Å². The molecular formula is C26H37N5O4S. The van der Waals surface area contributed by atoms with Crippen LogP contribution in [0, 0.1) is 11.8 Å². The lowest BCUT2D eigenvalue weighted by Crippen LogP contribution is -2.47. The Morgan fingerprint density at radius 3 is 2.39 bits per heavy atom. The second kappa shape index (κ2) is 9.30. The quantitative estimate of drug-likeness (QED) is 0.618. The lowest BCUT2D eigenvalue weighted by atomic mass is 9.75. The minimum absolute atomic E-state index is 0.0713. The lowest BCUT2D eigenvalue weighted by Gasteiger charge is -2.42. The number of aromatic nitrogens is 2. The zero-order valence-electron chi connectivity index (χ0n) is 21.7. The van der Waals surface area contributed by atoms with E-state index in [4.69, 9.17) is 21.2 Å². The number of nitrogen functional groups attached to an aromatic ring is 1. The van der Waals surface area contributed by atoms with Crippen molar-refractivity contribution in [3.63, 3.8) is 0 Å². The molecule has 0 aromatic carbocycles. The van der Waals surface area contributed by atoms with Gasteiger partial charge in [0.05, 0.1) is 4.90 Å². The van der Waals surface area contributed by atoms with Gasteiger partial charge in [0.15, 0.2) is 5.03 Å². The van der Waals surface area contributed by atoms with E-state index in [0.29, 0.717) is 29.9 Å². The summed E-state index contributed by atoms with van der Waals surface area (Å²) in [7, 11) is -4.22. The molecule has 2 aliphatic heterocycles. The molecule has 36 heavy (non-hydrogen) atoms. The smallest absolute Gasteiger partial charge is 0.253 e. The van der Waals surface area contributed by atoms with Crippen LogP contribution in [0.25, 0.3) is 0 Å². The highest BCUT2D eigenvalue weighted by molar-refractivity contribution is 7.91. The number of pyridine rings is 2. The Balaban J connectivity index is 1.93. The number of amides is 1. The topological polar surface area (TPSA) is 142 Å². The van der Waals surface area contributed by atoms with Crippen molar-refractivity contribution in [3.05, 3.63) is 35.5 Å². The standard InChI is InChI=1S/C26H37N5O4S/c1-25(2,3)19-15-18(36(33,34)21-8-6-7-20(27)30-21)22(23(28)32)24(29-19)31-12-9-17(26(31,4)5)16-10-13-35-14-11-16/h6-8,15-17H,9-14H2,1-5H3,(H2,27,30)(H2,28,32). The number of nitrogens with two attached hydrogens (primary N) is 2. The predicted molar refractivity (Wildman–Crippen MR) is 139 cm³/mol. The minimum Gasteiger partial charge on any atom is -0.384 e. The first-order valence-corrected chi connectivity index (χ1v) is 13.9. The lowest BCUT2D eigenvalue weighted by molar-refractivity contribution is 0.0382. The molecule has 4 heterocycles. The van der Waals surface area contributed by atoms with Crippen molar-refractivity contribution >= 4 is 27.4 Å². The zero-order valence-corrected chi connectivity index (χ0v) is 22.6. The molecule has 1 amide bonds. The van der Waals surface area contributed by atoms with E-state index in [1.807, 2.05) is 20.8 Å². The van der Waals surface area contributed by atoms with Crippen molar-refractivity contribution in [1.82, 2.24) is 9.97 Å². The number of hydrogen-bond acceptors (Lipinski definition) is 8. The molecule has 9 nitrogen and oxygen atoms in total. The number of rotatable bonds is 5. The normalized spacial score (nSPS) is 21.0. The van der Waals surface area contributed by atoms with E-state index < -0.39 is 21.2 Å². The van der Waals surface area contributed by atoms with Gasteiger partial charge in [0.1, 0.15) is 17.2 Å². The van der Waals surface area contributed by atoms with Crippen LogP contribution in [0.15, 0.2) is 34.2 Å². The third-order valence-corrected chi connectivity index (χ3v) is 9.33. The molecule has 0 spiro atoms. The number of primary amides is 1. The van der Waals surface area contributed by atoms with Crippen molar-refractivity contribution in [2.75, 3.05) is 30.4 Å². The van der Waals surface area contributed by atoms with Crippen LogP contribution in [-0.2, 0) is 20.0 Å². The molecule has 1 atom stereocenters. The van der Waals surface area contributed by atoms with E-state index in [9.17, 15) is 13.2 Å². The number of carbonyl (C=O) groups excluding carboxylic acids is 1. The Hall–Kier alpha value is -2.72. The van der Waals surface area contributed by atoms with Crippen molar-refractivity contribution in [2.24, 2.45) is 17.6 Å². The zero-order chi connectivity index (χ0) is 26.5. The molecule has 0 radical (unpaired) electrons. The van der Waals surface area contributed by atoms with Crippen molar-refractivity contribution in [2.45, 2.75) is 74.8 Å². The predicted octanol–water partition coefficient (Wildman–Crippen LogP) is 3.32. The van der Waals surface area contributed by atoms with E-state index >= 15 is 0 Å². The molecule has 2 aromatic heterocycles. The molecule has 0 aliphatic carbocycles. The van der Waals surface area contributed by atoms with Gasteiger partial charge >= 0.3 is 0 Å². The molecule has 196 valence electrons. The van der Waals surface area contributed by atoms with Crippen LogP contribution in [0.1, 0.15) is 69.9 Å². The van der Waals surface area contributed by atoms with Crippen molar-refractivity contribution in [3.8, 4) is 0 Å². The van der Waals surface area contributed by atoms with Gasteiger partial charge in [-0.1, -0.05) is 26.8 Å². The minimum atomic E-state index is -4.22. The maximum Gasteiger partial charge on any atom is 0.253 e. The van der Waals surface area contributed by atoms with E-state index in [2.05, 4.69) is 23.7 Å². The van der Waals surface area contributed by atoms with E-state index in [0.717, 1.165) is 32.5 Å². The maximum atomic E-state index is 13.8. The molecular weight excluding hydrogens is 478 g/mol. The van der Waals surface area contributed by atoms with Gasteiger partial charge in [-0.2, -0.15) is 0 Å². The summed E-state index contributed by atoms with van der Waals surface area (Å²) in [6.45, 7) is 12.3. The monoisotopic (exact) mass is 515 g/mol. The Morgan fingerprint density at radius 2 is 1.81 bits per heavy atom. The number of anilines is 2. The average molecular weight is 516 g/mol. The summed E-state index contributed by atoms with van der Waals surface area (Å²) in [5.41, 5.74) is 11.3. The summed E-state index contributed by atoms with van der Waals surface area (Å²) in [4.78, 5) is 23.8. The van der Waals surface area contributed by atoms with Gasteiger partial charge < -0.3 is 21.1 Å². The second-order valence-corrected chi connectivity index (χ2v) is 13.2. The molecule has 0 saturated carbocycles. The Kier molecular flexibility index (Phi) is 6.81. The Morgan fingerprint density at radius 1 is 1.14 bits per heavy atom. The van der Waals surface area contributed by atoms with Crippen molar-refractivity contribution < 1.29 is 17.9 Å². The van der Waals surface area contributed by atoms with Crippen LogP contribution in [-0.4, -0.2) is 49.6 Å². The fourth-order valence-electron chi connectivity index (χ4n) is 5.64. The summed E-state index contributed by atoms with van der Waals surface area (Å²) in [6.07, 6.45) is 2.89. The van der Waals surface area contributed by atoms with Crippen LogP contribution in [0.5, 0.6) is 0 Å². The van der Waals surface area contributed by atoms with E-state index in [-0.39, 0.29) is 26.8 Å². The molecule has 2 saturated heterocycles. The van der Waals surface area contributed by atoms with E-state index in [1.165, 1.54) is 24.3 Å². The molecule has 2 aromatic rings. The first-order valence-electron chi connectivity index (χ1n) is 12.4. The highest BCUT2D eigenvalue weighted by Crippen LogP contribution is 2.46. The molecule has 0 bridgehead atoms. The van der Waals surface area contributed by atoms with Crippen LogP contribution >= 0.6 is 0 Å². The largest absolute Gasteiger partial charge is 0.384 e. The number of carbonyl (C=O) groups is 1. The number of hydrogen-bond donors (Lipinski definition) is 2. The SMILES string of the molecule is CC(C)(C)c1cc(S(=O)(=O)c2cccc(N)n2)c(C(N)=O)c(N2CCC(C3CCOCC3)C2(C)C)n1. The fraction of sp³-hybridized carbons (Fsp3) is 0.577. The first-order chi connectivity index (χ1) is 16.7. The van der Waals surface area contributed by atoms with Gasteiger partial charge in [0.25, 0.3) is 5.91 Å². The summed E-state index contributed by atoms with van der Waals surface area (Å²) in [5.74, 6) is 0.379. The van der Waals surface area contributed by atoms with Gasteiger partial charge in [0, 0.05) is 36.4 Å². The van der Waals surface area contributed by atoms with Gasteiger partial charge in [-0.25, -0.2) is 18.4 Å². The van der Waals surface area contributed by atoms with Crippen LogP contribution in [0.3, 0.4) is 0 Å². The summed E-state index contributed by atoms with van der Waals surface area (Å²) in [6, 6.07) is 5.86. The van der Waals surface area contributed by atoms with E-state index in [1.54, 1.807) is 0 Å². The van der Waals surface area contributed by atoms with Gasteiger partial charge in [-0.05, 0) is 63.1 Å². The molecule has 4 rings (SSSR count). The Labute approximate surface area is 213 Å². The molecule has 4 N–H and O–H groups in total. The van der Waals surface area contributed by atoms with Gasteiger partial charge in [-0.3, -0.25) is 4.79 Å². The fourth-order valence-corrected chi connectivity index (χ4v) is 7.08. The van der Waals surface area contributed by atoms with Crippen LogP contribution in [0.2, 0.25) is 0 Å². The average Bonchev–Trinajstić information content (AvgIpc) is 3.12. The highest BCUT2D eigenvalue weighted by atomic mass is 32.2.